The average molecular weight is 598 g/mol. The number of hydrogen-bond acceptors (Lipinski definition) is 5. The lowest BCUT2D eigenvalue weighted by Crippen LogP contribution is -2.63. The van der Waals surface area contributed by atoms with Crippen LogP contribution in [0.2, 0.25) is 0 Å². The van der Waals surface area contributed by atoms with Gasteiger partial charge in [-0.15, -0.1) is 26.3 Å². The van der Waals surface area contributed by atoms with E-state index >= 15 is 0 Å². The fourth-order valence-corrected chi connectivity index (χ4v) is 4.07. The Bertz CT molecular complexity index is 1340. The molecule has 0 spiro atoms. The van der Waals surface area contributed by atoms with Gasteiger partial charge < -0.3 is 30.3 Å². The number of carboxylic acid groups (broad SMARTS) is 1. The molecule has 2 atom stereocenters. The highest BCUT2D eigenvalue weighted by atomic mass is 19.4. The van der Waals surface area contributed by atoms with Crippen LogP contribution < -0.4 is 20.1 Å². The SMILES string of the molecule is C[C@@H](O)[C@@](C)(NC(=O)NC(Cc1cc#ccc1)(c1cccc(OC(F)(F)F)c1)c1cccc(OC(F)(F)F)c1)C(=O)O. The van der Waals surface area contributed by atoms with Gasteiger partial charge in [0, 0.05) is 6.42 Å². The van der Waals surface area contributed by atoms with Gasteiger partial charge in [0.1, 0.15) is 11.5 Å². The van der Waals surface area contributed by atoms with Gasteiger partial charge in [-0.05, 0) is 73.0 Å². The number of nitrogens with one attached hydrogen (secondary N) is 2. The van der Waals surface area contributed by atoms with Crippen molar-refractivity contribution in [2.75, 3.05) is 0 Å². The molecule has 4 N–H and O–H groups in total. The number of amides is 2. The summed E-state index contributed by atoms with van der Waals surface area (Å²) < 4.78 is 86.6. The molecule has 0 fully saturated rings. The highest BCUT2D eigenvalue weighted by Gasteiger charge is 2.44. The van der Waals surface area contributed by atoms with Crippen LogP contribution in [0.5, 0.6) is 11.5 Å². The van der Waals surface area contributed by atoms with Gasteiger partial charge in [0.2, 0.25) is 0 Å². The molecule has 0 aliphatic rings. The number of aliphatic carboxylic acids is 1. The lowest BCUT2D eigenvalue weighted by atomic mass is 9.77. The molecule has 0 aliphatic carbocycles. The van der Waals surface area contributed by atoms with Crippen molar-refractivity contribution in [1.82, 2.24) is 10.6 Å². The molecule has 0 saturated carbocycles. The van der Waals surface area contributed by atoms with Crippen molar-refractivity contribution in [2.45, 2.75) is 50.2 Å². The number of aliphatic hydroxyl groups excluding tert-OH is 1. The molecule has 3 aromatic rings. The number of ether oxygens (including phenoxy) is 2. The third-order valence-corrected chi connectivity index (χ3v) is 6.29. The van der Waals surface area contributed by atoms with Crippen molar-refractivity contribution in [3.8, 4) is 11.5 Å². The maximum absolute atomic E-state index is 13.4. The molecule has 224 valence electrons. The van der Waals surface area contributed by atoms with E-state index in [-0.39, 0.29) is 17.5 Å². The number of aliphatic hydroxyl groups is 1. The summed E-state index contributed by atoms with van der Waals surface area (Å²) in [6.45, 7) is 2.12. The highest BCUT2D eigenvalue weighted by Crippen LogP contribution is 2.38. The monoisotopic (exact) mass is 598 g/mol. The second-order valence-corrected chi connectivity index (χ2v) is 9.34. The van der Waals surface area contributed by atoms with Crippen LogP contribution in [0.25, 0.3) is 0 Å². The molecule has 42 heavy (non-hydrogen) atoms. The number of carboxylic acids is 1. The van der Waals surface area contributed by atoms with E-state index in [1.54, 1.807) is 0 Å². The van der Waals surface area contributed by atoms with Gasteiger partial charge in [-0.1, -0.05) is 36.4 Å². The second-order valence-electron chi connectivity index (χ2n) is 9.34. The number of carbonyl (C=O) groups excluding carboxylic acids is 1. The minimum atomic E-state index is -5.10. The standard InChI is InChI=1S/C28H24F6N2O6/c1-17(37)25(2,23(38)39)35-24(40)36-26(16-18-8-4-3-5-9-18,19-10-6-12-21(14-19)41-27(29,30)31)20-11-7-13-22(15-20)42-28(32,33)34/h4,6-15,17,37H,16H2,1-2H3,(H,38,39)(H2,35,36,40)/t17-,25-/m1/s1. The minimum Gasteiger partial charge on any atom is -0.479 e. The highest BCUT2D eigenvalue weighted by molar-refractivity contribution is 5.87. The Labute approximate surface area is 235 Å². The van der Waals surface area contributed by atoms with Crippen LogP contribution in [-0.4, -0.2) is 46.6 Å². The maximum Gasteiger partial charge on any atom is 0.573 e. The minimum absolute atomic E-state index is 0.0922. The molecule has 0 bridgehead atoms. The predicted octanol–water partition coefficient (Wildman–Crippen LogP) is 5.09. The van der Waals surface area contributed by atoms with E-state index in [0.717, 1.165) is 38.1 Å². The Hall–Kier alpha value is -4.64. The molecule has 0 heterocycles. The smallest absolute Gasteiger partial charge is 0.479 e. The first-order valence-corrected chi connectivity index (χ1v) is 12.0. The van der Waals surface area contributed by atoms with Crippen LogP contribution in [-0.2, 0) is 16.8 Å². The van der Waals surface area contributed by atoms with Crippen molar-refractivity contribution in [1.29, 1.82) is 0 Å². The fraction of sp³-hybridized carbons (Fsp3) is 0.286. The lowest BCUT2D eigenvalue weighted by molar-refractivity contribution is -0.275. The molecule has 8 nitrogen and oxygen atoms in total. The summed E-state index contributed by atoms with van der Waals surface area (Å²) in [7, 11) is 0. The second kappa shape index (κ2) is 12.1. The molecule has 0 saturated heterocycles. The topological polar surface area (TPSA) is 117 Å². The molecular weight excluding hydrogens is 574 g/mol. The Morgan fingerprint density at radius 3 is 1.81 bits per heavy atom. The number of hydrogen-bond donors (Lipinski definition) is 4. The predicted molar refractivity (Wildman–Crippen MR) is 134 cm³/mol. The normalized spacial score (nSPS) is 14.1. The number of urea groups is 1. The lowest BCUT2D eigenvalue weighted by Gasteiger charge is -2.38. The van der Waals surface area contributed by atoms with Gasteiger partial charge >= 0.3 is 24.7 Å². The summed E-state index contributed by atoms with van der Waals surface area (Å²) in [5.41, 5.74) is -4.01. The van der Waals surface area contributed by atoms with Gasteiger partial charge in [-0.2, -0.15) is 0 Å². The first kappa shape index (κ1) is 31.9. The van der Waals surface area contributed by atoms with Crippen molar-refractivity contribution in [2.24, 2.45) is 0 Å². The van der Waals surface area contributed by atoms with E-state index in [1.165, 1.54) is 42.5 Å². The number of carbonyl (C=O) groups is 2. The van der Waals surface area contributed by atoms with Crippen LogP contribution in [0.4, 0.5) is 31.1 Å². The van der Waals surface area contributed by atoms with Gasteiger partial charge in [0.25, 0.3) is 0 Å². The van der Waals surface area contributed by atoms with E-state index in [1.807, 2.05) is 0 Å². The number of benzene rings is 2. The molecule has 3 aromatic carbocycles. The van der Waals surface area contributed by atoms with Crippen molar-refractivity contribution in [3.63, 3.8) is 0 Å². The molecule has 14 heteroatoms. The van der Waals surface area contributed by atoms with E-state index in [2.05, 4.69) is 32.2 Å². The van der Waals surface area contributed by atoms with Crippen LogP contribution >= 0.6 is 0 Å². The number of alkyl halides is 6. The van der Waals surface area contributed by atoms with Gasteiger partial charge in [0.05, 0.1) is 11.6 Å². The Balaban J connectivity index is 2.28. The Morgan fingerprint density at radius 2 is 1.40 bits per heavy atom. The summed E-state index contributed by atoms with van der Waals surface area (Å²) in [4.78, 5) is 25.3. The third-order valence-electron chi connectivity index (χ3n) is 6.29. The van der Waals surface area contributed by atoms with Gasteiger partial charge in [-0.25, -0.2) is 9.59 Å². The van der Waals surface area contributed by atoms with Crippen LogP contribution in [0.1, 0.15) is 30.5 Å². The Morgan fingerprint density at radius 1 is 0.881 bits per heavy atom. The van der Waals surface area contributed by atoms with E-state index in [0.29, 0.717) is 5.56 Å². The van der Waals surface area contributed by atoms with Gasteiger partial charge in [-0.3, -0.25) is 0 Å². The zero-order chi connectivity index (χ0) is 31.3. The molecular formula is C28H24F6N2O6. The summed E-state index contributed by atoms with van der Waals surface area (Å²) in [6.07, 6.45) is -12.1. The first-order valence-electron chi connectivity index (χ1n) is 12.0. The van der Waals surface area contributed by atoms with E-state index in [4.69, 9.17) is 0 Å². The molecule has 0 aliphatic heterocycles. The molecule has 0 radical (unpaired) electrons. The quantitative estimate of drug-likeness (QED) is 0.242. The molecule has 0 aromatic heterocycles. The van der Waals surface area contributed by atoms with Crippen LogP contribution in [0.15, 0.2) is 66.7 Å². The van der Waals surface area contributed by atoms with E-state index in [9.17, 15) is 46.1 Å². The first-order chi connectivity index (χ1) is 19.4. The number of rotatable bonds is 10. The van der Waals surface area contributed by atoms with E-state index < -0.39 is 53.4 Å². The van der Waals surface area contributed by atoms with Crippen molar-refractivity contribution in [3.05, 3.63) is 95.6 Å². The molecule has 0 unspecified atom stereocenters. The zero-order valence-electron chi connectivity index (χ0n) is 21.9. The summed E-state index contributed by atoms with van der Waals surface area (Å²) in [6, 6.07) is 17.2. The van der Waals surface area contributed by atoms with Crippen molar-refractivity contribution >= 4 is 12.0 Å². The fourth-order valence-electron chi connectivity index (χ4n) is 4.07. The summed E-state index contributed by atoms with van der Waals surface area (Å²) in [5.74, 6) is -3.03. The van der Waals surface area contributed by atoms with Gasteiger partial charge in [0.15, 0.2) is 5.54 Å². The average Bonchev–Trinajstić information content (AvgIpc) is 2.87. The zero-order valence-corrected chi connectivity index (χ0v) is 21.9. The van der Waals surface area contributed by atoms with Crippen molar-refractivity contribution < 1.29 is 55.6 Å². The summed E-state index contributed by atoms with van der Waals surface area (Å²) in [5, 5.41) is 24.4. The maximum atomic E-state index is 13.4. The summed E-state index contributed by atoms with van der Waals surface area (Å²) >= 11 is 0. The van der Waals surface area contributed by atoms with Crippen LogP contribution in [0, 0.1) is 12.1 Å². The number of halogens is 6. The third kappa shape index (κ3) is 7.97. The Kier molecular flexibility index (Phi) is 9.17. The molecule has 2 amide bonds. The molecule has 3 rings (SSSR count). The van der Waals surface area contributed by atoms with Crippen LogP contribution in [0.3, 0.4) is 0 Å². The largest absolute Gasteiger partial charge is 0.573 e.